The molecule has 146 valence electrons. The molecule has 1 heterocycles. The highest BCUT2D eigenvalue weighted by Crippen LogP contribution is 2.36. The predicted octanol–water partition coefficient (Wildman–Crippen LogP) is 4.00. The molecule has 0 atom stereocenters. The molecule has 0 N–H and O–H groups in total. The highest BCUT2D eigenvalue weighted by Gasteiger charge is 2.27. The van der Waals surface area contributed by atoms with Crippen molar-refractivity contribution in [2.45, 2.75) is 13.0 Å². The number of hydrogen-bond acceptors (Lipinski definition) is 3. The van der Waals surface area contributed by atoms with Crippen molar-refractivity contribution in [3.05, 3.63) is 94.6 Å². The molecule has 1 aromatic heterocycles. The fourth-order valence-electron chi connectivity index (χ4n) is 3.57. The maximum atomic E-state index is 13.3. The summed E-state index contributed by atoms with van der Waals surface area (Å²) in [5.74, 6) is 0.951. The van der Waals surface area contributed by atoms with Crippen molar-refractivity contribution in [1.82, 2.24) is 0 Å². The van der Waals surface area contributed by atoms with Crippen LogP contribution < -0.4 is 14.0 Å². The maximum Gasteiger partial charge on any atom is 0.189 e. The van der Waals surface area contributed by atoms with Crippen LogP contribution in [-0.4, -0.2) is 20.0 Å². The quantitative estimate of drug-likeness (QED) is 0.488. The fraction of sp³-hybridized carbons (Fsp3) is 0.167. The van der Waals surface area contributed by atoms with Gasteiger partial charge in [-0.05, 0) is 41.5 Å². The summed E-state index contributed by atoms with van der Waals surface area (Å²) in [7, 11) is 3.14. The molecular formula is C24H21FNO3+. The molecule has 1 aliphatic carbocycles. The van der Waals surface area contributed by atoms with E-state index in [1.807, 2.05) is 47.3 Å². The minimum Gasteiger partial charge on any atom is -0.493 e. The van der Waals surface area contributed by atoms with Gasteiger partial charge in [-0.15, -0.1) is 0 Å². The maximum absolute atomic E-state index is 13.3. The van der Waals surface area contributed by atoms with Gasteiger partial charge in [0.15, 0.2) is 36.2 Å². The number of Topliss-reactive ketones (excluding diaryl/α,β-unsaturated/α-hetero) is 1. The van der Waals surface area contributed by atoms with Crippen molar-refractivity contribution < 1.29 is 23.2 Å². The third kappa shape index (κ3) is 3.90. The highest BCUT2D eigenvalue weighted by molar-refractivity contribution is 6.15. The van der Waals surface area contributed by atoms with Crippen molar-refractivity contribution in [3.63, 3.8) is 0 Å². The first-order valence-electron chi connectivity index (χ1n) is 9.31. The molecule has 2 aromatic carbocycles. The van der Waals surface area contributed by atoms with Crippen LogP contribution in [0.2, 0.25) is 0 Å². The number of aromatic nitrogens is 1. The zero-order valence-electron chi connectivity index (χ0n) is 16.3. The molecule has 0 saturated heterocycles. The molecule has 5 heteroatoms. The molecule has 0 fully saturated rings. The van der Waals surface area contributed by atoms with E-state index in [4.69, 9.17) is 9.47 Å². The summed E-state index contributed by atoms with van der Waals surface area (Å²) in [5, 5.41) is 0. The first kappa shape index (κ1) is 18.9. The van der Waals surface area contributed by atoms with E-state index in [2.05, 4.69) is 0 Å². The Morgan fingerprint density at radius 1 is 1.03 bits per heavy atom. The average molecular weight is 390 g/mol. The lowest BCUT2D eigenvalue weighted by Gasteiger charge is -2.08. The number of methoxy groups -OCH3 is 2. The Morgan fingerprint density at radius 3 is 2.45 bits per heavy atom. The summed E-state index contributed by atoms with van der Waals surface area (Å²) >= 11 is 0. The molecule has 29 heavy (non-hydrogen) atoms. The Bertz CT molecular complexity index is 1100. The largest absolute Gasteiger partial charge is 0.493 e. The lowest BCUT2D eigenvalue weighted by atomic mass is 10.1. The Hall–Kier alpha value is -3.47. The van der Waals surface area contributed by atoms with Crippen LogP contribution in [0.5, 0.6) is 11.5 Å². The van der Waals surface area contributed by atoms with Crippen LogP contribution in [0.4, 0.5) is 4.39 Å². The molecule has 0 amide bonds. The monoisotopic (exact) mass is 390 g/mol. The van der Waals surface area contributed by atoms with E-state index in [1.54, 1.807) is 26.4 Å². The van der Waals surface area contributed by atoms with Crippen LogP contribution in [0.3, 0.4) is 0 Å². The van der Waals surface area contributed by atoms with Gasteiger partial charge in [-0.2, -0.15) is 0 Å². The van der Waals surface area contributed by atoms with Crippen LogP contribution in [0.15, 0.2) is 66.5 Å². The van der Waals surface area contributed by atoms with Crippen molar-refractivity contribution >= 4 is 11.9 Å². The average Bonchev–Trinajstić information content (AvgIpc) is 3.03. The molecule has 0 unspecified atom stereocenters. The number of rotatable bonds is 5. The number of benzene rings is 2. The number of carbonyl (C=O) groups is 1. The second-order valence-electron chi connectivity index (χ2n) is 6.97. The van der Waals surface area contributed by atoms with Gasteiger partial charge in [-0.25, -0.2) is 8.96 Å². The van der Waals surface area contributed by atoms with Crippen LogP contribution in [-0.2, 0) is 13.0 Å². The van der Waals surface area contributed by atoms with Gasteiger partial charge in [-0.3, -0.25) is 4.79 Å². The van der Waals surface area contributed by atoms with Crippen molar-refractivity contribution in [1.29, 1.82) is 0 Å². The molecule has 1 aliphatic rings. The summed E-state index contributed by atoms with van der Waals surface area (Å²) in [5.41, 5.74) is 4.17. The van der Waals surface area contributed by atoms with Gasteiger partial charge in [-0.1, -0.05) is 12.1 Å². The van der Waals surface area contributed by atoms with Crippen LogP contribution in [0, 0.1) is 5.82 Å². The Balaban J connectivity index is 1.54. The number of hydrogen-bond donors (Lipinski definition) is 0. The van der Waals surface area contributed by atoms with E-state index >= 15 is 0 Å². The Labute approximate surface area is 168 Å². The molecule has 4 rings (SSSR count). The van der Waals surface area contributed by atoms with Gasteiger partial charge in [0.1, 0.15) is 5.82 Å². The minimum absolute atomic E-state index is 0.0115. The van der Waals surface area contributed by atoms with Gasteiger partial charge < -0.3 is 9.47 Å². The third-order valence-electron chi connectivity index (χ3n) is 5.04. The molecule has 0 bridgehead atoms. The number of allylic oxidation sites excluding steroid dienone is 1. The first-order valence-corrected chi connectivity index (χ1v) is 9.31. The number of fused-ring (bicyclic) bond motifs is 1. The standard InChI is InChI=1S/C24H21FNO3/c1-28-22-13-18-12-19(24(27)21(18)14-23(22)29-2)10-16-6-8-26(9-7-16)15-17-4-3-5-20(25)11-17/h3-11,13-14H,12,15H2,1-2H3/q+1/b19-10+. The van der Waals surface area contributed by atoms with Crippen LogP contribution >= 0.6 is 0 Å². The normalized spacial score (nSPS) is 14.2. The minimum atomic E-state index is -0.239. The SMILES string of the molecule is COc1cc2c(cc1OC)C(=O)/C(=C/c1cc[n+](Cc3cccc(F)c3)cc1)C2. The third-order valence-corrected chi connectivity index (χ3v) is 5.04. The van der Waals surface area contributed by atoms with Gasteiger partial charge >= 0.3 is 0 Å². The van der Waals surface area contributed by atoms with E-state index in [-0.39, 0.29) is 11.6 Å². The summed E-state index contributed by atoms with van der Waals surface area (Å²) < 4.78 is 26.0. The number of ether oxygens (including phenoxy) is 2. The number of nitrogens with zero attached hydrogens (tertiary/aromatic N) is 1. The van der Waals surface area contributed by atoms with E-state index in [0.717, 1.165) is 22.3 Å². The molecule has 0 aliphatic heterocycles. The number of carbonyl (C=O) groups excluding carboxylic acids is 1. The Kier molecular flexibility index (Phi) is 5.12. The van der Waals surface area contributed by atoms with E-state index < -0.39 is 0 Å². The number of halogens is 1. The smallest absolute Gasteiger partial charge is 0.189 e. The van der Waals surface area contributed by atoms with Crippen molar-refractivity contribution in [2.24, 2.45) is 0 Å². The molecule has 3 aromatic rings. The molecule has 4 nitrogen and oxygen atoms in total. The predicted molar refractivity (Wildman–Crippen MR) is 108 cm³/mol. The van der Waals surface area contributed by atoms with Crippen LogP contribution in [0.25, 0.3) is 6.08 Å². The summed E-state index contributed by atoms with van der Waals surface area (Å²) in [6.45, 7) is 0.582. The fourth-order valence-corrected chi connectivity index (χ4v) is 3.57. The van der Waals surface area contributed by atoms with Crippen LogP contribution in [0.1, 0.15) is 27.0 Å². The van der Waals surface area contributed by atoms with Gasteiger partial charge in [0.2, 0.25) is 0 Å². The van der Waals surface area contributed by atoms with Gasteiger partial charge in [0, 0.05) is 35.3 Å². The number of pyridine rings is 1. The Morgan fingerprint density at radius 2 is 1.76 bits per heavy atom. The first-order chi connectivity index (χ1) is 14.1. The topological polar surface area (TPSA) is 39.4 Å². The van der Waals surface area contributed by atoms with Crippen molar-refractivity contribution in [3.8, 4) is 11.5 Å². The van der Waals surface area contributed by atoms with Gasteiger partial charge in [0.25, 0.3) is 0 Å². The van der Waals surface area contributed by atoms with E-state index in [1.165, 1.54) is 12.1 Å². The van der Waals surface area contributed by atoms with Gasteiger partial charge in [0.05, 0.1) is 14.2 Å². The second-order valence-corrected chi connectivity index (χ2v) is 6.97. The van der Waals surface area contributed by atoms with E-state index in [0.29, 0.717) is 30.0 Å². The highest BCUT2D eigenvalue weighted by atomic mass is 19.1. The molecule has 0 saturated carbocycles. The summed E-state index contributed by atoms with van der Waals surface area (Å²) in [6.07, 6.45) is 6.33. The molecule has 0 radical (unpaired) electrons. The van der Waals surface area contributed by atoms with Crippen molar-refractivity contribution in [2.75, 3.05) is 14.2 Å². The zero-order valence-corrected chi connectivity index (χ0v) is 16.3. The number of ketones is 1. The lowest BCUT2D eigenvalue weighted by Crippen LogP contribution is -2.33. The molecule has 0 spiro atoms. The summed E-state index contributed by atoms with van der Waals surface area (Å²) in [4.78, 5) is 12.8. The second kappa shape index (κ2) is 7.87. The lowest BCUT2D eigenvalue weighted by molar-refractivity contribution is -0.688. The molecular weight excluding hydrogens is 369 g/mol. The van der Waals surface area contributed by atoms with E-state index in [9.17, 15) is 9.18 Å². The zero-order chi connectivity index (χ0) is 20.4. The summed E-state index contributed by atoms with van der Waals surface area (Å²) in [6, 6.07) is 14.1.